The van der Waals surface area contributed by atoms with Gasteiger partial charge in [-0.15, -0.1) is 6.58 Å². The number of ether oxygens (including phenoxy) is 2. The highest BCUT2D eigenvalue weighted by atomic mass is 16.5. The van der Waals surface area contributed by atoms with Crippen molar-refractivity contribution in [1.29, 1.82) is 0 Å². The Kier molecular flexibility index (Phi) is 43.5. The summed E-state index contributed by atoms with van der Waals surface area (Å²) in [5.74, 6) is -0.977. The van der Waals surface area contributed by atoms with Crippen LogP contribution in [0.25, 0.3) is 0 Å². The fourth-order valence-electron chi connectivity index (χ4n) is 6.06. The van der Waals surface area contributed by atoms with Gasteiger partial charge < -0.3 is 19.7 Å². The molecular weight excluding hydrogens is 717 g/mol. The van der Waals surface area contributed by atoms with Gasteiger partial charge in [0.2, 0.25) is 0 Å². The molecule has 0 aromatic rings. The zero-order valence-corrected chi connectivity index (χ0v) is 38.5. The van der Waals surface area contributed by atoms with Crippen molar-refractivity contribution in [2.75, 3.05) is 6.61 Å². The van der Waals surface area contributed by atoms with E-state index >= 15 is 0 Å². The smallest absolute Gasteiger partial charge is 0.330 e. The van der Waals surface area contributed by atoms with E-state index in [4.69, 9.17) is 19.7 Å². The zero-order chi connectivity index (χ0) is 44.5. The lowest BCUT2D eigenvalue weighted by Gasteiger charge is -2.31. The van der Waals surface area contributed by atoms with Crippen LogP contribution in [-0.4, -0.2) is 40.7 Å². The topological polar surface area (TPSA) is 127 Å². The number of carboxylic acid groups (broad SMARTS) is 2. The standard InChI is InChI=1S/C24H44O2.C18H36O2.C4H6O2.C3H4O2/c1-6-11-13-14-15-16-17-18-20-24(9-4,23(25)26-10-5)21-22(8-3)19-12-7-2;1-6-8-12-16(7-2)15-20-17(19)13-10-9-11-14-18(3,4)5;1-3(2)4(5)6;1-2-3(4)5/h9-10,22H,4-8,11-21H2,1-3H3;16H,6-15H2,1-5H3;1H2,2H3,(H,5,6);2H,1H2,(H,4,5). The molecule has 0 aliphatic rings. The molecule has 8 heteroatoms. The maximum atomic E-state index is 12.7. The van der Waals surface area contributed by atoms with E-state index in [0.29, 0.717) is 30.3 Å². The number of carbonyl (C=O) groups excluding carboxylic acids is 2. The van der Waals surface area contributed by atoms with Crippen molar-refractivity contribution >= 4 is 23.9 Å². The van der Waals surface area contributed by atoms with Gasteiger partial charge in [0.25, 0.3) is 0 Å². The lowest BCUT2D eigenvalue weighted by Crippen LogP contribution is -2.32. The Labute approximate surface area is 351 Å². The molecule has 0 spiro atoms. The maximum absolute atomic E-state index is 12.7. The van der Waals surface area contributed by atoms with Gasteiger partial charge in [-0.1, -0.05) is 190 Å². The Balaban J connectivity index is -0.000000396. The average Bonchev–Trinajstić information content (AvgIpc) is 3.17. The molecular formula is C49H90O8. The van der Waals surface area contributed by atoms with Crippen LogP contribution in [0.15, 0.2) is 50.3 Å². The molecule has 0 aliphatic heterocycles. The normalized spacial score (nSPS) is 12.6. The number of hydrogen-bond donors (Lipinski definition) is 2. The largest absolute Gasteiger partial charge is 0.478 e. The second-order valence-corrected chi connectivity index (χ2v) is 16.6. The van der Waals surface area contributed by atoms with Crippen molar-refractivity contribution in [2.24, 2.45) is 22.7 Å². The highest BCUT2D eigenvalue weighted by molar-refractivity contribution is 5.84. The summed E-state index contributed by atoms with van der Waals surface area (Å²) in [6, 6.07) is 0. The fourth-order valence-corrected chi connectivity index (χ4v) is 6.06. The molecule has 334 valence electrons. The molecule has 0 aromatic heterocycles. The third-order valence-corrected chi connectivity index (χ3v) is 10.0. The van der Waals surface area contributed by atoms with Crippen molar-refractivity contribution in [1.82, 2.24) is 0 Å². The number of hydrogen-bond acceptors (Lipinski definition) is 6. The van der Waals surface area contributed by atoms with Crippen LogP contribution in [0.3, 0.4) is 0 Å². The van der Waals surface area contributed by atoms with Gasteiger partial charge in [0, 0.05) is 18.1 Å². The second-order valence-electron chi connectivity index (χ2n) is 16.6. The molecule has 0 rings (SSSR count). The van der Waals surface area contributed by atoms with E-state index in [2.05, 4.69) is 81.7 Å². The molecule has 0 fully saturated rings. The van der Waals surface area contributed by atoms with Crippen molar-refractivity contribution in [3.05, 3.63) is 50.3 Å². The summed E-state index contributed by atoms with van der Waals surface area (Å²) in [6.07, 6.45) is 30.4. The number of rotatable bonds is 31. The average molecular weight is 807 g/mol. The van der Waals surface area contributed by atoms with Gasteiger partial charge in [0.15, 0.2) is 0 Å². The first-order valence-electron chi connectivity index (χ1n) is 22.3. The SMILES string of the molecule is C=C(C)C(=O)O.C=CC(=O)O.C=COC(=O)C(C=C)(CCCCCCCCCC)CC(CC)CCCC.CCCCC(CC)COC(=O)CCCCCC(C)(C)C. The molecule has 0 saturated heterocycles. The Hall–Kier alpha value is -3.16. The fraction of sp³-hybridized carbons (Fsp3) is 0.755. The first kappa shape index (κ1) is 60.5. The van der Waals surface area contributed by atoms with E-state index in [1.165, 1.54) is 109 Å². The Morgan fingerprint density at radius 1 is 0.667 bits per heavy atom. The predicted molar refractivity (Wildman–Crippen MR) is 241 cm³/mol. The molecule has 3 atom stereocenters. The van der Waals surface area contributed by atoms with Gasteiger partial charge in [-0.25, -0.2) is 9.59 Å². The molecule has 0 heterocycles. The van der Waals surface area contributed by atoms with E-state index in [1.807, 2.05) is 6.08 Å². The number of esters is 2. The molecule has 0 aliphatic carbocycles. The molecule has 0 saturated carbocycles. The van der Waals surface area contributed by atoms with Gasteiger partial charge in [-0.3, -0.25) is 9.59 Å². The lowest BCUT2D eigenvalue weighted by molar-refractivity contribution is -0.148. The first-order chi connectivity index (χ1) is 26.9. The van der Waals surface area contributed by atoms with E-state index in [0.717, 1.165) is 51.0 Å². The van der Waals surface area contributed by atoms with Crippen LogP contribution < -0.4 is 0 Å². The van der Waals surface area contributed by atoms with Crippen molar-refractivity contribution in [2.45, 2.75) is 210 Å². The Morgan fingerprint density at radius 3 is 1.51 bits per heavy atom. The number of carbonyl (C=O) groups is 4. The minimum atomic E-state index is -0.981. The van der Waals surface area contributed by atoms with Crippen LogP contribution in [-0.2, 0) is 28.7 Å². The summed E-state index contributed by atoms with van der Waals surface area (Å²) in [6.45, 7) is 33.7. The van der Waals surface area contributed by atoms with E-state index in [1.54, 1.807) is 0 Å². The monoisotopic (exact) mass is 807 g/mol. The summed E-state index contributed by atoms with van der Waals surface area (Å²) in [7, 11) is 0. The maximum Gasteiger partial charge on any atom is 0.330 e. The summed E-state index contributed by atoms with van der Waals surface area (Å²) in [5, 5.41) is 15.5. The highest BCUT2D eigenvalue weighted by Crippen LogP contribution is 2.38. The molecule has 8 nitrogen and oxygen atoms in total. The highest BCUT2D eigenvalue weighted by Gasteiger charge is 2.38. The van der Waals surface area contributed by atoms with Crippen LogP contribution in [0.2, 0.25) is 0 Å². The molecule has 0 amide bonds. The van der Waals surface area contributed by atoms with E-state index < -0.39 is 17.4 Å². The number of unbranched alkanes of at least 4 members (excludes halogenated alkanes) is 11. The molecule has 0 radical (unpaired) electrons. The summed E-state index contributed by atoms with van der Waals surface area (Å²) >= 11 is 0. The van der Waals surface area contributed by atoms with E-state index in [9.17, 15) is 19.2 Å². The Morgan fingerprint density at radius 2 is 1.11 bits per heavy atom. The van der Waals surface area contributed by atoms with Crippen LogP contribution in [0, 0.1) is 22.7 Å². The summed E-state index contributed by atoms with van der Waals surface area (Å²) in [4.78, 5) is 43.2. The molecule has 0 bridgehead atoms. The lowest BCUT2D eigenvalue weighted by atomic mass is 9.73. The van der Waals surface area contributed by atoms with Crippen LogP contribution in [0.4, 0.5) is 0 Å². The minimum absolute atomic E-state index is 0.00397. The van der Waals surface area contributed by atoms with Crippen molar-refractivity contribution in [3.63, 3.8) is 0 Å². The molecule has 3 unspecified atom stereocenters. The zero-order valence-electron chi connectivity index (χ0n) is 38.5. The van der Waals surface area contributed by atoms with Gasteiger partial charge in [-0.05, 0) is 56.3 Å². The molecule has 2 N–H and O–H groups in total. The molecule has 0 aromatic carbocycles. The van der Waals surface area contributed by atoms with Crippen molar-refractivity contribution in [3.8, 4) is 0 Å². The van der Waals surface area contributed by atoms with Crippen LogP contribution in [0.1, 0.15) is 210 Å². The predicted octanol–water partition coefficient (Wildman–Crippen LogP) is 14.6. The number of carboxylic acids is 2. The first-order valence-corrected chi connectivity index (χ1v) is 22.3. The minimum Gasteiger partial charge on any atom is -0.478 e. The third-order valence-electron chi connectivity index (χ3n) is 10.0. The summed E-state index contributed by atoms with van der Waals surface area (Å²) < 4.78 is 10.6. The number of aliphatic carboxylic acids is 2. The second kappa shape index (κ2) is 41.0. The quantitative estimate of drug-likeness (QED) is 0.0233. The van der Waals surface area contributed by atoms with Gasteiger partial charge in [0.1, 0.15) is 0 Å². The van der Waals surface area contributed by atoms with Crippen molar-refractivity contribution < 1.29 is 38.9 Å². The van der Waals surface area contributed by atoms with Crippen LogP contribution >= 0.6 is 0 Å². The van der Waals surface area contributed by atoms with Gasteiger partial charge in [0.05, 0.1) is 18.3 Å². The van der Waals surface area contributed by atoms with E-state index in [-0.39, 0.29) is 17.5 Å². The summed E-state index contributed by atoms with van der Waals surface area (Å²) in [5.41, 5.74) is 0.0360. The van der Waals surface area contributed by atoms with Crippen LogP contribution in [0.5, 0.6) is 0 Å². The Bertz CT molecular complexity index is 1040. The third kappa shape index (κ3) is 42.3. The van der Waals surface area contributed by atoms with Gasteiger partial charge in [-0.2, -0.15) is 0 Å². The molecule has 57 heavy (non-hydrogen) atoms. The van der Waals surface area contributed by atoms with Gasteiger partial charge >= 0.3 is 23.9 Å².